The summed E-state index contributed by atoms with van der Waals surface area (Å²) in [6, 6.07) is 10.2. The van der Waals surface area contributed by atoms with Gasteiger partial charge in [-0.25, -0.2) is 0 Å². The Morgan fingerprint density at radius 1 is 0.974 bits per heavy atom. The van der Waals surface area contributed by atoms with E-state index in [1.54, 1.807) is 0 Å². The fourth-order valence-corrected chi connectivity index (χ4v) is 6.55. The summed E-state index contributed by atoms with van der Waals surface area (Å²) in [6.45, 7) is 32.7. The zero-order valence-corrected chi connectivity index (χ0v) is 28.4. The van der Waals surface area contributed by atoms with Crippen molar-refractivity contribution in [3.05, 3.63) is 48.6 Å². The predicted molar refractivity (Wildman–Crippen MR) is 163 cm³/mol. The number of benzene rings is 1. The Morgan fingerprint density at radius 3 is 2.08 bits per heavy atom. The van der Waals surface area contributed by atoms with Gasteiger partial charge in [-0.2, -0.15) is 0 Å². The van der Waals surface area contributed by atoms with Crippen molar-refractivity contribution in [1.29, 1.82) is 0 Å². The highest BCUT2D eigenvalue weighted by Crippen LogP contribution is 2.42. The summed E-state index contributed by atoms with van der Waals surface area (Å²) >= 11 is 0. The van der Waals surface area contributed by atoms with Gasteiger partial charge in [-0.3, -0.25) is 0 Å². The highest BCUT2D eigenvalue weighted by molar-refractivity contribution is 6.74. The molecule has 1 aromatic rings. The number of hydrogen-bond donors (Lipinski definition) is 0. The molecule has 1 aliphatic rings. The van der Waals surface area contributed by atoms with Crippen molar-refractivity contribution in [2.75, 3.05) is 13.2 Å². The van der Waals surface area contributed by atoms with E-state index in [0.29, 0.717) is 26.2 Å². The average Bonchev–Trinajstić information content (AvgIpc) is 2.76. The molecule has 7 heteroatoms. The fourth-order valence-electron chi connectivity index (χ4n) is 4.20. The molecule has 0 aromatic heterocycles. The lowest BCUT2D eigenvalue weighted by atomic mass is 9.91. The Hall–Kier alpha value is -0.806. The molecule has 0 saturated carbocycles. The first-order valence-corrected chi connectivity index (χ1v) is 20.0. The maximum Gasteiger partial charge on any atom is 0.192 e. The first kappa shape index (κ1) is 33.4. The summed E-state index contributed by atoms with van der Waals surface area (Å²) in [5.41, 5.74) is 1.16. The van der Waals surface area contributed by atoms with Crippen molar-refractivity contribution in [2.24, 2.45) is 5.92 Å². The van der Waals surface area contributed by atoms with Gasteiger partial charge in [0.25, 0.3) is 0 Å². The van der Waals surface area contributed by atoms with E-state index in [1.807, 2.05) is 38.1 Å². The highest BCUT2D eigenvalue weighted by atomic mass is 28.4. The van der Waals surface area contributed by atoms with Crippen LogP contribution in [0.4, 0.5) is 0 Å². The van der Waals surface area contributed by atoms with Crippen LogP contribution in [0.25, 0.3) is 0 Å². The highest BCUT2D eigenvalue weighted by Gasteiger charge is 2.46. The van der Waals surface area contributed by atoms with Gasteiger partial charge in [0.2, 0.25) is 0 Å². The number of hydrogen-bond acceptors (Lipinski definition) is 5. The van der Waals surface area contributed by atoms with Crippen LogP contribution in [-0.4, -0.2) is 53.9 Å². The minimum Gasteiger partial charge on any atom is -0.414 e. The van der Waals surface area contributed by atoms with Crippen LogP contribution >= 0.6 is 0 Å². The molecule has 218 valence electrons. The van der Waals surface area contributed by atoms with E-state index in [4.69, 9.17) is 23.1 Å². The van der Waals surface area contributed by atoms with E-state index in [2.05, 4.69) is 86.4 Å². The van der Waals surface area contributed by atoms with Crippen LogP contribution in [-0.2, 0) is 29.7 Å². The van der Waals surface area contributed by atoms with Crippen molar-refractivity contribution in [1.82, 2.24) is 0 Å². The van der Waals surface area contributed by atoms with E-state index in [1.165, 1.54) is 0 Å². The predicted octanol–water partition coefficient (Wildman–Crippen LogP) is 8.33. The maximum atomic E-state index is 7.07. The second-order valence-corrected chi connectivity index (χ2v) is 23.9. The van der Waals surface area contributed by atoms with Crippen LogP contribution in [0.2, 0.25) is 36.3 Å². The lowest BCUT2D eigenvalue weighted by Crippen LogP contribution is -2.54. The molecule has 1 aromatic carbocycles. The number of ether oxygens (including phenoxy) is 3. The van der Waals surface area contributed by atoms with Crippen LogP contribution < -0.4 is 0 Å². The van der Waals surface area contributed by atoms with Crippen molar-refractivity contribution in [3.8, 4) is 0 Å². The Labute approximate surface area is 235 Å². The third kappa shape index (κ3) is 9.39. The Balaban J connectivity index is 2.25. The summed E-state index contributed by atoms with van der Waals surface area (Å²) in [6.07, 6.45) is 2.39. The standard InChI is InChI=1S/C31H56O5Si2/c1-14-26(28(36-38(12,13)30(5,6)7)23-33-37(10,11)29(2,3)4)27-20-25(34-31(8,9)35-27)22-32-21-24-18-16-15-17-19-24/h14-19,25-28H,1,20-23H2,2-13H3/t25-,26+,27+,28+/m1/s1. The topological polar surface area (TPSA) is 46.2 Å². The van der Waals surface area contributed by atoms with Gasteiger partial charge in [0.1, 0.15) is 0 Å². The molecule has 0 radical (unpaired) electrons. The van der Waals surface area contributed by atoms with Crippen LogP contribution in [0.3, 0.4) is 0 Å². The average molecular weight is 565 g/mol. The normalized spacial score (nSPS) is 22.6. The van der Waals surface area contributed by atoms with E-state index >= 15 is 0 Å². The molecule has 4 atom stereocenters. The fraction of sp³-hybridized carbons (Fsp3) is 0.742. The van der Waals surface area contributed by atoms with Gasteiger partial charge in [0.15, 0.2) is 22.4 Å². The van der Waals surface area contributed by atoms with Gasteiger partial charge in [-0.05, 0) is 55.7 Å². The summed E-state index contributed by atoms with van der Waals surface area (Å²) in [7, 11) is -4.06. The van der Waals surface area contributed by atoms with E-state index in [0.717, 1.165) is 5.56 Å². The molecule has 2 rings (SSSR count). The zero-order chi connectivity index (χ0) is 29.0. The monoisotopic (exact) mass is 564 g/mol. The van der Waals surface area contributed by atoms with E-state index < -0.39 is 22.4 Å². The van der Waals surface area contributed by atoms with Gasteiger partial charge in [-0.15, -0.1) is 6.58 Å². The van der Waals surface area contributed by atoms with Gasteiger partial charge in [-0.1, -0.05) is 78.0 Å². The molecule has 0 unspecified atom stereocenters. The van der Waals surface area contributed by atoms with Gasteiger partial charge in [0, 0.05) is 12.3 Å². The largest absolute Gasteiger partial charge is 0.414 e. The zero-order valence-electron chi connectivity index (χ0n) is 26.4. The first-order valence-electron chi connectivity index (χ1n) is 14.2. The molecular formula is C31H56O5Si2. The van der Waals surface area contributed by atoms with Gasteiger partial charge in [0.05, 0.1) is 38.1 Å². The molecule has 0 bridgehead atoms. The van der Waals surface area contributed by atoms with Gasteiger partial charge >= 0.3 is 0 Å². The molecule has 0 amide bonds. The summed E-state index contributed by atoms with van der Waals surface area (Å²) in [4.78, 5) is 0. The van der Waals surface area contributed by atoms with Crippen molar-refractivity contribution >= 4 is 16.6 Å². The summed E-state index contributed by atoms with van der Waals surface area (Å²) < 4.78 is 32.7. The van der Waals surface area contributed by atoms with Crippen LogP contribution in [0.5, 0.6) is 0 Å². The molecule has 1 aliphatic heterocycles. The summed E-state index contributed by atoms with van der Waals surface area (Å²) in [5, 5.41) is 0.202. The molecule has 1 fully saturated rings. The molecule has 5 nitrogen and oxygen atoms in total. The van der Waals surface area contributed by atoms with Crippen LogP contribution in [0, 0.1) is 5.92 Å². The quantitative estimate of drug-likeness (QED) is 0.189. The second kappa shape index (κ2) is 12.8. The van der Waals surface area contributed by atoms with Crippen molar-refractivity contribution < 1.29 is 23.1 Å². The lowest BCUT2D eigenvalue weighted by molar-refractivity contribution is -0.314. The molecule has 0 N–H and O–H groups in total. The first-order chi connectivity index (χ1) is 17.3. The number of rotatable bonds is 12. The van der Waals surface area contributed by atoms with Gasteiger partial charge < -0.3 is 23.1 Å². The minimum atomic E-state index is -2.09. The molecule has 0 spiro atoms. The molecule has 38 heavy (non-hydrogen) atoms. The minimum absolute atomic E-state index is 0.0336. The smallest absolute Gasteiger partial charge is 0.192 e. The molecular weight excluding hydrogens is 509 g/mol. The molecule has 0 aliphatic carbocycles. The third-order valence-corrected chi connectivity index (χ3v) is 17.6. The lowest BCUT2D eigenvalue weighted by Gasteiger charge is -2.47. The Bertz CT molecular complexity index is 870. The molecule has 1 saturated heterocycles. The summed E-state index contributed by atoms with van der Waals surface area (Å²) in [5.74, 6) is -0.763. The van der Waals surface area contributed by atoms with Crippen LogP contribution in [0.15, 0.2) is 43.0 Å². The Kier molecular flexibility index (Phi) is 11.2. The second-order valence-electron chi connectivity index (χ2n) is 14.3. The van der Waals surface area contributed by atoms with Crippen molar-refractivity contribution in [3.63, 3.8) is 0 Å². The third-order valence-electron chi connectivity index (χ3n) is 8.59. The SMILES string of the molecule is C=C[C@@H]([C@@H]1C[C@H](COCc2ccccc2)OC(C)(C)O1)[C@H](CO[Si](C)(C)C(C)(C)C)O[Si](C)(C)C(C)(C)C. The van der Waals surface area contributed by atoms with Crippen LogP contribution in [0.1, 0.15) is 67.4 Å². The Morgan fingerprint density at radius 2 is 1.55 bits per heavy atom. The maximum absolute atomic E-state index is 7.07. The molecule has 1 heterocycles. The van der Waals surface area contributed by atoms with Crippen molar-refractivity contribution in [2.45, 2.75) is 129 Å². The van der Waals surface area contributed by atoms with E-state index in [-0.39, 0.29) is 34.3 Å². The van der Waals surface area contributed by atoms with E-state index in [9.17, 15) is 0 Å².